The van der Waals surface area contributed by atoms with Crippen molar-refractivity contribution in [3.05, 3.63) is 46.3 Å². The minimum absolute atomic E-state index is 0.336. The molecule has 0 spiro atoms. The smallest absolute Gasteiger partial charge is 0.342 e. The van der Waals surface area contributed by atoms with Crippen molar-refractivity contribution < 1.29 is 14.8 Å². The number of aromatic nitrogens is 3. The highest BCUT2D eigenvalue weighted by atomic mass is 16.6. The van der Waals surface area contributed by atoms with Crippen LogP contribution in [-0.4, -0.2) is 37.5 Å². The number of nitro groups is 1. The van der Waals surface area contributed by atoms with E-state index in [9.17, 15) is 14.9 Å². The van der Waals surface area contributed by atoms with E-state index in [1.165, 1.54) is 18.2 Å². The molecule has 0 aliphatic rings. The van der Waals surface area contributed by atoms with Crippen LogP contribution in [0, 0.1) is 10.1 Å². The van der Waals surface area contributed by atoms with E-state index in [2.05, 4.69) is 15.6 Å². The zero-order valence-corrected chi connectivity index (χ0v) is 10.3. The maximum Gasteiger partial charge on any atom is 0.342 e. The summed E-state index contributed by atoms with van der Waals surface area (Å²) in [6, 6.07) is 3.89. The number of rotatable bonds is 6. The zero-order chi connectivity index (χ0) is 14.5. The molecule has 20 heavy (non-hydrogen) atoms. The SMILES string of the molecule is O=C(O)c1ccc(NCCn2ccnn2)cc1[N+](=O)[O-]. The fraction of sp³-hybridized carbons (Fsp3) is 0.182. The number of carboxylic acids is 1. The normalized spacial score (nSPS) is 10.2. The van der Waals surface area contributed by atoms with Gasteiger partial charge in [0.05, 0.1) is 17.7 Å². The average molecular weight is 277 g/mol. The van der Waals surface area contributed by atoms with Gasteiger partial charge in [-0.3, -0.25) is 14.8 Å². The first-order chi connectivity index (χ1) is 9.58. The van der Waals surface area contributed by atoms with Crippen LogP contribution in [0.1, 0.15) is 10.4 Å². The predicted octanol–water partition coefficient (Wildman–Crippen LogP) is 0.997. The van der Waals surface area contributed by atoms with Crippen molar-refractivity contribution in [1.29, 1.82) is 0 Å². The molecule has 1 heterocycles. The number of carbonyl (C=O) groups is 1. The van der Waals surface area contributed by atoms with Gasteiger partial charge in [-0.15, -0.1) is 5.10 Å². The van der Waals surface area contributed by atoms with Crippen LogP contribution in [0.15, 0.2) is 30.6 Å². The van der Waals surface area contributed by atoms with Crippen molar-refractivity contribution in [3.63, 3.8) is 0 Å². The Morgan fingerprint density at radius 1 is 1.50 bits per heavy atom. The molecule has 0 fully saturated rings. The first kappa shape index (κ1) is 13.5. The highest BCUT2D eigenvalue weighted by Crippen LogP contribution is 2.23. The molecule has 0 atom stereocenters. The van der Waals surface area contributed by atoms with Gasteiger partial charge in [-0.25, -0.2) is 4.79 Å². The molecule has 9 nitrogen and oxygen atoms in total. The Bertz CT molecular complexity index is 626. The van der Waals surface area contributed by atoms with E-state index in [1.807, 2.05) is 0 Å². The summed E-state index contributed by atoms with van der Waals surface area (Å²) in [7, 11) is 0. The van der Waals surface area contributed by atoms with Crippen LogP contribution in [0.25, 0.3) is 0 Å². The first-order valence-corrected chi connectivity index (χ1v) is 5.67. The number of carboxylic acid groups (broad SMARTS) is 1. The van der Waals surface area contributed by atoms with Crippen molar-refractivity contribution in [2.75, 3.05) is 11.9 Å². The summed E-state index contributed by atoms with van der Waals surface area (Å²) in [5, 5.41) is 30.1. The second-order valence-electron chi connectivity index (χ2n) is 3.89. The van der Waals surface area contributed by atoms with Crippen LogP contribution in [0.3, 0.4) is 0 Å². The Hall–Kier alpha value is -2.97. The third kappa shape index (κ3) is 3.07. The third-order valence-corrected chi connectivity index (χ3v) is 2.57. The van der Waals surface area contributed by atoms with E-state index in [0.29, 0.717) is 18.8 Å². The molecule has 0 saturated heterocycles. The standard InChI is InChI=1S/C11H11N5O4/c17-11(18)9-2-1-8(7-10(9)16(19)20)12-3-5-15-6-4-13-14-15/h1-2,4,6-7,12H,3,5H2,(H,17,18). The lowest BCUT2D eigenvalue weighted by Crippen LogP contribution is -2.11. The van der Waals surface area contributed by atoms with Gasteiger partial charge in [0.1, 0.15) is 5.56 Å². The lowest BCUT2D eigenvalue weighted by Gasteiger charge is -2.07. The first-order valence-electron chi connectivity index (χ1n) is 5.67. The van der Waals surface area contributed by atoms with Crippen molar-refractivity contribution in [2.24, 2.45) is 0 Å². The number of hydrogen-bond donors (Lipinski definition) is 2. The summed E-state index contributed by atoms with van der Waals surface area (Å²) in [5.41, 5.74) is -0.304. The highest BCUT2D eigenvalue weighted by molar-refractivity contribution is 5.93. The van der Waals surface area contributed by atoms with E-state index in [-0.39, 0.29) is 5.56 Å². The molecule has 0 radical (unpaired) electrons. The van der Waals surface area contributed by atoms with Crippen LogP contribution < -0.4 is 5.32 Å². The fourth-order valence-corrected chi connectivity index (χ4v) is 1.64. The van der Waals surface area contributed by atoms with Crippen LogP contribution >= 0.6 is 0 Å². The molecular weight excluding hydrogens is 266 g/mol. The summed E-state index contributed by atoms with van der Waals surface area (Å²) in [6.45, 7) is 1.02. The molecule has 9 heteroatoms. The number of hydrogen-bond acceptors (Lipinski definition) is 6. The van der Waals surface area contributed by atoms with Gasteiger partial charge in [0, 0.05) is 24.5 Å². The summed E-state index contributed by atoms with van der Waals surface area (Å²) in [5.74, 6) is -1.33. The number of aromatic carboxylic acids is 1. The average Bonchev–Trinajstić information content (AvgIpc) is 2.91. The van der Waals surface area contributed by atoms with Crippen LogP contribution in [0.4, 0.5) is 11.4 Å². The maximum absolute atomic E-state index is 10.9. The van der Waals surface area contributed by atoms with Gasteiger partial charge < -0.3 is 10.4 Å². The molecule has 1 aromatic heterocycles. The van der Waals surface area contributed by atoms with Gasteiger partial charge >= 0.3 is 5.97 Å². The van der Waals surface area contributed by atoms with E-state index in [0.717, 1.165) is 0 Å². The third-order valence-electron chi connectivity index (χ3n) is 2.57. The van der Waals surface area contributed by atoms with Crippen LogP contribution in [-0.2, 0) is 6.54 Å². The fourth-order valence-electron chi connectivity index (χ4n) is 1.64. The Balaban J connectivity index is 2.07. The Morgan fingerprint density at radius 2 is 2.30 bits per heavy atom. The lowest BCUT2D eigenvalue weighted by atomic mass is 10.1. The van der Waals surface area contributed by atoms with Crippen molar-refractivity contribution in [1.82, 2.24) is 15.0 Å². The topological polar surface area (TPSA) is 123 Å². The van der Waals surface area contributed by atoms with Crippen molar-refractivity contribution in [2.45, 2.75) is 6.54 Å². The number of benzene rings is 1. The second kappa shape index (κ2) is 5.78. The monoisotopic (exact) mass is 277 g/mol. The predicted molar refractivity (Wildman–Crippen MR) is 68.6 cm³/mol. The van der Waals surface area contributed by atoms with Gasteiger partial charge in [-0.05, 0) is 12.1 Å². The summed E-state index contributed by atoms with van der Waals surface area (Å²) < 4.78 is 1.60. The van der Waals surface area contributed by atoms with Gasteiger partial charge in [0.2, 0.25) is 0 Å². The largest absolute Gasteiger partial charge is 0.477 e. The zero-order valence-electron chi connectivity index (χ0n) is 10.3. The van der Waals surface area contributed by atoms with Crippen molar-refractivity contribution >= 4 is 17.3 Å². The molecule has 0 amide bonds. The molecule has 0 aliphatic heterocycles. The van der Waals surface area contributed by atoms with Crippen LogP contribution in [0.5, 0.6) is 0 Å². The van der Waals surface area contributed by atoms with Crippen molar-refractivity contribution in [3.8, 4) is 0 Å². The van der Waals surface area contributed by atoms with Gasteiger partial charge in [-0.2, -0.15) is 0 Å². The molecule has 0 saturated carbocycles. The molecular formula is C11H11N5O4. The second-order valence-corrected chi connectivity index (χ2v) is 3.89. The molecule has 2 rings (SSSR count). The Morgan fingerprint density at radius 3 is 2.90 bits per heavy atom. The lowest BCUT2D eigenvalue weighted by molar-refractivity contribution is -0.385. The maximum atomic E-state index is 10.9. The van der Waals surface area contributed by atoms with Gasteiger partial charge in [-0.1, -0.05) is 5.21 Å². The van der Waals surface area contributed by atoms with Crippen LogP contribution in [0.2, 0.25) is 0 Å². The molecule has 0 bridgehead atoms. The summed E-state index contributed by atoms with van der Waals surface area (Å²) in [6.07, 6.45) is 3.24. The Kier molecular flexibility index (Phi) is 3.89. The number of anilines is 1. The summed E-state index contributed by atoms with van der Waals surface area (Å²) >= 11 is 0. The summed E-state index contributed by atoms with van der Waals surface area (Å²) in [4.78, 5) is 21.0. The molecule has 104 valence electrons. The van der Waals surface area contributed by atoms with E-state index in [1.54, 1.807) is 17.1 Å². The molecule has 0 aliphatic carbocycles. The highest BCUT2D eigenvalue weighted by Gasteiger charge is 2.19. The van der Waals surface area contributed by atoms with E-state index in [4.69, 9.17) is 5.11 Å². The number of nitrogens with zero attached hydrogens (tertiary/aromatic N) is 4. The number of nitro benzene ring substituents is 1. The van der Waals surface area contributed by atoms with Gasteiger partial charge in [0.15, 0.2) is 0 Å². The number of nitrogens with one attached hydrogen (secondary N) is 1. The minimum Gasteiger partial charge on any atom is -0.477 e. The quantitative estimate of drug-likeness (QED) is 0.596. The van der Waals surface area contributed by atoms with E-state index < -0.39 is 16.6 Å². The molecule has 0 unspecified atom stereocenters. The van der Waals surface area contributed by atoms with Gasteiger partial charge in [0.25, 0.3) is 5.69 Å². The minimum atomic E-state index is -1.33. The Labute approximate surface area is 113 Å². The van der Waals surface area contributed by atoms with E-state index >= 15 is 0 Å². The molecule has 2 aromatic rings. The molecule has 2 N–H and O–H groups in total. The molecule has 1 aromatic carbocycles.